The fourth-order valence-electron chi connectivity index (χ4n) is 4.93. The maximum absolute atomic E-state index is 12.9. The van der Waals surface area contributed by atoms with E-state index in [4.69, 9.17) is 28.4 Å². The van der Waals surface area contributed by atoms with Gasteiger partial charge in [-0.2, -0.15) is 0 Å². The molecule has 0 fully saturated rings. The van der Waals surface area contributed by atoms with Gasteiger partial charge in [-0.05, 0) is 46.5 Å². The largest absolute Gasteiger partial charge is 0.497 e. The van der Waals surface area contributed by atoms with Gasteiger partial charge in [-0.15, -0.1) is 5.92 Å². The van der Waals surface area contributed by atoms with Crippen molar-refractivity contribution in [2.24, 2.45) is 0 Å². The Labute approximate surface area is 292 Å². The smallest absolute Gasteiger partial charge is 0.151 e. The van der Waals surface area contributed by atoms with Gasteiger partial charge >= 0.3 is 0 Å². The Kier molecular flexibility index (Phi) is 15.1. The zero-order valence-corrected chi connectivity index (χ0v) is 30.2. The molecule has 0 unspecified atom stereocenters. The van der Waals surface area contributed by atoms with Gasteiger partial charge in [0.15, 0.2) is 6.29 Å². The van der Waals surface area contributed by atoms with Crippen molar-refractivity contribution in [3.63, 3.8) is 0 Å². The van der Waals surface area contributed by atoms with Gasteiger partial charge in [-0.25, -0.2) is 0 Å². The van der Waals surface area contributed by atoms with Crippen LogP contribution in [0.25, 0.3) is 0 Å². The first kappa shape index (κ1) is 37.6. The number of carbonyl (C=O) groups is 1. The summed E-state index contributed by atoms with van der Waals surface area (Å²) in [5.74, 6) is 8.30. The summed E-state index contributed by atoms with van der Waals surface area (Å²) in [5, 5.41) is 0. The average Bonchev–Trinajstić information content (AvgIpc) is 3.13. The maximum Gasteiger partial charge on any atom is 0.151 e. The first-order chi connectivity index (χ1) is 23.8. The molecule has 0 aliphatic rings. The van der Waals surface area contributed by atoms with Crippen LogP contribution in [0.15, 0.2) is 109 Å². The molecule has 7 nitrogen and oxygen atoms in total. The lowest BCUT2D eigenvalue weighted by molar-refractivity contribution is -0.179. The van der Waals surface area contributed by atoms with Crippen molar-refractivity contribution >= 4 is 14.4 Å². The minimum atomic E-state index is -1.51. The molecule has 4 rings (SSSR count). The Balaban J connectivity index is 1.72. The van der Waals surface area contributed by atoms with Crippen LogP contribution in [-0.4, -0.2) is 53.0 Å². The molecule has 0 N–H and O–H groups in total. The second kappa shape index (κ2) is 19.7. The molecule has 0 spiro atoms. The van der Waals surface area contributed by atoms with E-state index in [0.29, 0.717) is 0 Å². The van der Waals surface area contributed by atoms with Crippen LogP contribution < -0.4 is 9.47 Å². The summed E-state index contributed by atoms with van der Waals surface area (Å²) in [5.41, 5.74) is 3.76. The molecule has 0 aromatic heterocycles. The van der Waals surface area contributed by atoms with E-state index in [1.165, 1.54) is 0 Å². The molecule has 0 saturated carbocycles. The van der Waals surface area contributed by atoms with Crippen molar-refractivity contribution in [2.75, 3.05) is 14.2 Å². The number of hydrogen-bond acceptors (Lipinski definition) is 7. The van der Waals surface area contributed by atoms with Crippen molar-refractivity contribution in [2.45, 2.75) is 76.5 Å². The summed E-state index contributed by atoms with van der Waals surface area (Å²) in [7, 11) is 1.76. The molecule has 0 heterocycles. The summed E-state index contributed by atoms with van der Waals surface area (Å²) < 4.78 is 36.9. The number of ether oxygens (including phenoxy) is 6. The van der Waals surface area contributed by atoms with E-state index in [9.17, 15) is 4.79 Å². The van der Waals surface area contributed by atoms with Crippen LogP contribution in [-0.2, 0) is 50.2 Å². The Morgan fingerprint density at radius 2 is 1.00 bits per heavy atom. The van der Waals surface area contributed by atoms with Gasteiger partial charge in [0.2, 0.25) is 0 Å². The fourth-order valence-corrected chi connectivity index (χ4v) is 5.57. The third-order valence-corrected chi connectivity index (χ3v) is 8.94. The van der Waals surface area contributed by atoms with Crippen molar-refractivity contribution in [3.05, 3.63) is 131 Å². The quantitative estimate of drug-likeness (QED) is 0.0567. The van der Waals surface area contributed by atoms with Crippen LogP contribution in [0.3, 0.4) is 0 Å². The number of rotatable bonds is 19. The molecule has 0 saturated heterocycles. The molecule has 0 bridgehead atoms. The minimum absolute atomic E-state index is 0.201. The Bertz CT molecular complexity index is 1580. The molecule has 258 valence electrons. The van der Waals surface area contributed by atoms with Crippen molar-refractivity contribution in [1.29, 1.82) is 0 Å². The Morgan fingerprint density at radius 3 is 1.45 bits per heavy atom. The van der Waals surface area contributed by atoms with Crippen LogP contribution in [0.4, 0.5) is 0 Å². The number of hydrogen-bond donors (Lipinski definition) is 0. The van der Waals surface area contributed by atoms with Crippen LogP contribution in [0.5, 0.6) is 11.5 Å². The van der Waals surface area contributed by atoms with Crippen molar-refractivity contribution in [1.82, 2.24) is 0 Å². The van der Waals surface area contributed by atoms with Gasteiger partial charge in [0.25, 0.3) is 0 Å². The van der Waals surface area contributed by atoms with Crippen LogP contribution in [0.2, 0.25) is 25.7 Å². The molecule has 0 radical (unpaired) electrons. The highest BCUT2D eigenvalue weighted by Gasteiger charge is 2.38. The first-order valence-corrected chi connectivity index (χ1v) is 20.2. The molecule has 0 amide bonds. The van der Waals surface area contributed by atoms with Gasteiger partial charge < -0.3 is 33.2 Å². The number of carbonyl (C=O) groups excluding carboxylic acids is 1. The molecule has 0 aliphatic heterocycles. The van der Waals surface area contributed by atoms with Gasteiger partial charge in [0.1, 0.15) is 35.9 Å². The molecular weight excluding hydrogens is 633 g/mol. The summed E-state index contributed by atoms with van der Waals surface area (Å²) in [6.45, 7) is 7.78. The monoisotopic (exact) mass is 680 g/mol. The Morgan fingerprint density at radius 1 is 0.571 bits per heavy atom. The third kappa shape index (κ3) is 13.0. The van der Waals surface area contributed by atoms with Gasteiger partial charge in [0, 0.05) is 6.04 Å². The van der Waals surface area contributed by atoms with E-state index < -0.39 is 32.5 Å². The number of methoxy groups -OCH3 is 2. The molecule has 4 aromatic rings. The predicted octanol–water partition coefficient (Wildman–Crippen LogP) is 7.89. The van der Waals surface area contributed by atoms with E-state index in [-0.39, 0.29) is 26.4 Å². The van der Waals surface area contributed by atoms with E-state index in [1.54, 1.807) is 14.2 Å². The second-order valence-electron chi connectivity index (χ2n) is 12.9. The van der Waals surface area contributed by atoms with Gasteiger partial charge in [-0.1, -0.05) is 110 Å². The highest BCUT2D eigenvalue weighted by atomic mass is 28.3. The SMILES string of the molecule is COc1ccc(CO[C@@H]([C@H](OCc2ccccc2)[C@H](C#CC[Si](C)(C)C)OCc2ccc(OC)cc2)[C@@H](C=O)OCc2ccccc2)cc1. The van der Waals surface area contributed by atoms with Crippen molar-refractivity contribution < 1.29 is 33.2 Å². The number of benzene rings is 4. The summed E-state index contributed by atoms with van der Waals surface area (Å²) in [4.78, 5) is 12.9. The van der Waals surface area contributed by atoms with Crippen LogP contribution >= 0.6 is 0 Å². The minimum Gasteiger partial charge on any atom is -0.497 e. The maximum atomic E-state index is 12.9. The lowest BCUT2D eigenvalue weighted by atomic mass is 10.0. The first-order valence-electron chi connectivity index (χ1n) is 16.5. The summed E-state index contributed by atoms with van der Waals surface area (Å²) in [6.07, 6.45) is -2.60. The van der Waals surface area contributed by atoms with Crippen molar-refractivity contribution in [3.8, 4) is 23.3 Å². The lowest BCUT2D eigenvalue weighted by Gasteiger charge is -2.34. The standard InChI is InChI=1S/C41H48O7Si/c1-43-36-22-18-34(19-23-36)29-45-38(17-12-26-49(3,4)5)40(47-30-33-15-10-7-11-16-33)41(48-31-35-20-24-37(44-2)25-21-35)39(27-42)46-28-32-13-8-6-9-14-32/h6-11,13-16,18-25,27,38-41H,26,28-31H2,1-5H3/t38-,39+,40+,41+/m0/s1. The van der Waals surface area contributed by atoms with E-state index >= 15 is 0 Å². The molecule has 0 aliphatic carbocycles. The second-order valence-corrected chi connectivity index (χ2v) is 18.4. The predicted molar refractivity (Wildman–Crippen MR) is 195 cm³/mol. The molecular formula is C41H48O7Si. The average molecular weight is 681 g/mol. The highest BCUT2D eigenvalue weighted by molar-refractivity contribution is 6.76. The lowest BCUT2D eigenvalue weighted by Crippen LogP contribution is -2.49. The molecule has 49 heavy (non-hydrogen) atoms. The van der Waals surface area contributed by atoms with E-state index in [2.05, 4.69) is 31.5 Å². The molecule has 8 heteroatoms. The third-order valence-electron chi connectivity index (χ3n) is 7.70. The number of aldehydes is 1. The molecule has 4 atom stereocenters. The fraction of sp³-hybridized carbons (Fsp3) is 0.341. The van der Waals surface area contributed by atoms with E-state index in [1.807, 2.05) is 109 Å². The topological polar surface area (TPSA) is 72.5 Å². The normalized spacial score (nSPS) is 13.7. The zero-order chi connectivity index (χ0) is 34.9. The molecule has 4 aromatic carbocycles. The summed E-state index contributed by atoms with van der Waals surface area (Å²) in [6, 6.07) is 35.7. The Hall–Kier alpha value is -4.23. The van der Waals surface area contributed by atoms with Gasteiger partial charge in [-0.3, -0.25) is 0 Å². The zero-order valence-electron chi connectivity index (χ0n) is 29.2. The summed E-state index contributed by atoms with van der Waals surface area (Å²) >= 11 is 0. The highest BCUT2D eigenvalue weighted by Crippen LogP contribution is 2.24. The van der Waals surface area contributed by atoms with Crippen LogP contribution in [0, 0.1) is 11.8 Å². The van der Waals surface area contributed by atoms with Gasteiger partial charge in [0.05, 0.1) is 48.7 Å². The van der Waals surface area contributed by atoms with E-state index in [0.717, 1.165) is 46.1 Å². The van der Waals surface area contributed by atoms with Crippen LogP contribution in [0.1, 0.15) is 22.3 Å².